The van der Waals surface area contributed by atoms with E-state index in [1.165, 1.54) is 30.4 Å². The second-order valence-corrected chi connectivity index (χ2v) is 7.68. The van der Waals surface area contributed by atoms with Crippen molar-refractivity contribution in [2.45, 2.75) is 32.2 Å². The van der Waals surface area contributed by atoms with E-state index in [0.29, 0.717) is 11.5 Å². The predicted octanol–water partition coefficient (Wildman–Crippen LogP) is 2.84. The van der Waals surface area contributed by atoms with E-state index in [1.54, 1.807) is 12.1 Å². The fourth-order valence-electron chi connectivity index (χ4n) is 4.11. The molecule has 1 atom stereocenters. The van der Waals surface area contributed by atoms with Crippen molar-refractivity contribution in [2.75, 3.05) is 31.1 Å². The molecule has 142 valence electrons. The summed E-state index contributed by atoms with van der Waals surface area (Å²) in [5, 5.41) is 8.99. The van der Waals surface area contributed by atoms with Gasteiger partial charge in [-0.05, 0) is 55.8 Å². The number of benzene rings is 1. The third-order valence-corrected chi connectivity index (χ3v) is 5.58. The van der Waals surface area contributed by atoms with E-state index >= 15 is 0 Å². The number of aromatic nitrogens is 2. The van der Waals surface area contributed by atoms with Crippen molar-refractivity contribution in [1.29, 1.82) is 0 Å². The third-order valence-electron chi connectivity index (χ3n) is 5.58. The average Bonchev–Trinajstić information content (AvgIpc) is 3.35. The Morgan fingerprint density at radius 1 is 1.04 bits per heavy atom. The Balaban J connectivity index is 1.28. The molecule has 4 rings (SSSR count). The van der Waals surface area contributed by atoms with Crippen LogP contribution < -0.4 is 4.90 Å². The maximum absolute atomic E-state index is 10.9. The number of hydrogen-bond acceptors (Lipinski definition) is 5. The number of likely N-dealkylation sites (tertiary alicyclic amines) is 1. The number of rotatable bonds is 6. The summed E-state index contributed by atoms with van der Waals surface area (Å²) >= 11 is 0. The van der Waals surface area contributed by atoms with Gasteiger partial charge in [0.15, 0.2) is 0 Å². The van der Waals surface area contributed by atoms with Crippen LogP contribution in [0, 0.1) is 5.92 Å². The van der Waals surface area contributed by atoms with Crippen LogP contribution in [0.1, 0.15) is 40.7 Å². The zero-order valence-electron chi connectivity index (χ0n) is 15.5. The third kappa shape index (κ3) is 4.45. The maximum Gasteiger partial charge on any atom is 0.335 e. The number of aromatic carboxylic acids is 1. The molecule has 2 aliphatic rings. The lowest BCUT2D eigenvalue weighted by molar-refractivity contribution is 0.0697. The summed E-state index contributed by atoms with van der Waals surface area (Å²) in [6, 6.07) is 7.28. The van der Waals surface area contributed by atoms with Crippen LogP contribution in [0.5, 0.6) is 0 Å². The molecular formula is C21H26N4O2. The highest BCUT2D eigenvalue weighted by Crippen LogP contribution is 2.23. The molecule has 27 heavy (non-hydrogen) atoms. The number of carbonyl (C=O) groups is 1. The monoisotopic (exact) mass is 366 g/mol. The van der Waals surface area contributed by atoms with E-state index in [1.807, 2.05) is 24.5 Å². The Kier molecular flexibility index (Phi) is 5.34. The van der Waals surface area contributed by atoms with Gasteiger partial charge in [-0.2, -0.15) is 0 Å². The molecule has 2 saturated heterocycles. The first-order chi connectivity index (χ1) is 13.2. The van der Waals surface area contributed by atoms with Gasteiger partial charge in [0.1, 0.15) is 0 Å². The minimum absolute atomic E-state index is 0.351. The van der Waals surface area contributed by atoms with Crippen molar-refractivity contribution in [3.8, 4) is 0 Å². The quantitative estimate of drug-likeness (QED) is 0.848. The molecule has 6 nitrogen and oxygen atoms in total. The van der Waals surface area contributed by atoms with Gasteiger partial charge in [0.25, 0.3) is 0 Å². The Morgan fingerprint density at radius 2 is 1.74 bits per heavy atom. The van der Waals surface area contributed by atoms with Crippen LogP contribution in [0.2, 0.25) is 0 Å². The molecule has 1 aromatic heterocycles. The molecule has 0 radical (unpaired) electrons. The SMILES string of the molecule is O=C(O)c1ccc(CC2CCN(Cc3cnc(N4CCCC4)nc3)C2)cc1. The highest BCUT2D eigenvalue weighted by Gasteiger charge is 2.23. The van der Waals surface area contributed by atoms with Crippen LogP contribution in [0.25, 0.3) is 0 Å². The Labute approximate surface area is 159 Å². The predicted molar refractivity (Wildman–Crippen MR) is 104 cm³/mol. The van der Waals surface area contributed by atoms with Crippen LogP contribution >= 0.6 is 0 Å². The molecule has 1 unspecified atom stereocenters. The van der Waals surface area contributed by atoms with Gasteiger partial charge in [-0.15, -0.1) is 0 Å². The maximum atomic E-state index is 10.9. The van der Waals surface area contributed by atoms with E-state index in [0.717, 1.165) is 45.1 Å². The molecule has 2 aliphatic heterocycles. The zero-order valence-corrected chi connectivity index (χ0v) is 15.5. The number of hydrogen-bond donors (Lipinski definition) is 1. The first-order valence-corrected chi connectivity index (χ1v) is 9.78. The molecule has 0 aliphatic carbocycles. The van der Waals surface area contributed by atoms with Gasteiger partial charge in [-0.3, -0.25) is 4.90 Å². The fraction of sp³-hybridized carbons (Fsp3) is 0.476. The molecule has 2 aromatic rings. The first-order valence-electron chi connectivity index (χ1n) is 9.78. The van der Waals surface area contributed by atoms with Crippen molar-refractivity contribution >= 4 is 11.9 Å². The van der Waals surface area contributed by atoms with E-state index in [-0.39, 0.29) is 0 Å². The van der Waals surface area contributed by atoms with Gasteiger partial charge < -0.3 is 10.0 Å². The van der Waals surface area contributed by atoms with Crippen LogP contribution in [-0.2, 0) is 13.0 Å². The van der Waals surface area contributed by atoms with Crippen molar-refractivity contribution < 1.29 is 9.90 Å². The van der Waals surface area contributed by atoms with Crippen molar-refractivity contribution in [2.24, 2.45) is 5.92 Å². The van der Waals surface area contributed by atoms with Crippen LogP contribution in [0.4, 0.5) is 5.95 Å². The van der Waals surface area contributed by atoms with Crippen LogP contribution in [0.3, 0.4) is 0 Å². The smallest absolute Gasteiger partial charge is 0.335 e. The minimum atomic E-state index is -0.869. The second kappa shape index (κ2) is 8.05. The highest BCUT2D eigenvalue weighted by atomic mass is 16.4. The Morgan fingerprint density at radius 3 is 2.41 bits per heavy atom. The van der Waals surface area contributed by atoms with Crippen molar-refractivity contribution in [1.82, 2.24) is 14.9 Å². The van der Waals surface area contributed by atoms with E-state index in [9.17, 15) is 4.79 Å². The van der Waals surface area contributed by atoms with E-state index < -0.39 is 5.97 Å². The van der Waals surface area contributed by atoms with Gasteiger partial charge >= 0.3 is 5.97 Å². The summed E-state index contributed by atoms with van der Waals surface area (Å²) in [5.74, 6) is 0.609. The molecule has 2 fully saturated rings. The summed E-state index contributed by atoms with van der Waals surface area (Å²) in [6.45, 7) is 5.19. The fourth-order valence-corrected chi connectivity index (χ4v) is 4.11. The van der Waals surface area contributed by atoms with Gasteiger partial charge in [-0.1, -0.05) is 12.1 Å². The average molecular weight is 366 g/mol. The van der Waals surface area contributed by atoms with Gasteiger partial charge in [0, 0.05) is 44.1 Å². The summed E-state index contributed by atoms with van der Waals surface area (Å²) in [6.07, 6.45) is 8.59. The van der Waals surface area contributed by atoms with Crippen molar-refractivity contribution in [3.05, 3.63) is 53.3 Å². The largest absolute Gasteiger partial charge is 0.478 e. The molecule has 6 heteroatoms. The normalized spacial score (nSPS) is 20.3. The molecule has 0 saturated carbocycles. The Bertz CT molecular complexity index is 770. The summed E-state index contributed by atoms with van der Waals surface area (Å²) < 4.78 is 0. The lowest BCUT2D eigenvalue weighted by Gasteiger charge is -2.18. The summed E-state index contributed by atoms with van der Waals surface area (Å²) in [7, 11) is 0. The van der Waals surface area contributed by atoms with E-state index in [4.69, 9.17) is 5.11 Å². The van der Waals surface area contributed by atoms with E-state index in [2.05, 4.69) is 19.8 Å². The molecule has 0 bridgehead atoms. The van der Waals surface area contributed by atoms with Crippen molar-refractivity contribution in [3.63, 3.8) is 0 Å². The first kappa shape index (κ1) is 17.9. The summed E-state index contributed by atoms with van der Waals surface area (Å²) in [5.41, 5.74) is 2.73. The van der Waals surface area contributed by atoms with Gasteiger partial charge in [0.05, 0.1) is 5.56 Å². The lowest BCUT2D eigenvalue weighted by atomic mass is 9.98. The summed E-state index contributed by atoms with van der Waals surface area (Å²) in [4.78, 5) is 24.8. The lowest BCUT2D eigenvalue weighted by Crippen LogP contribution is -2.22. The minimum Gasteiger partial charge on any atom is -0.478 e. The van der Waals surface area contributed by atoms with Crippen LogP contribution in [-0.4, -0.2) is 52.1 Å². The number of carboxylic acids is 1. The van der Waals surface area contributed by atoms with Gasteiger partial charge in [0.2, 0.25) is 5.95 Å². The topological polar surface area (TPSA) is 69.6 Å². The molecule has 1 aromatic carbocycles. The Hall–Kier alpha value is -2.47. The van der Waals surface area contributed by atoms with Gasteiger partial charge in [-0.25, -0.2) is 14.8 Å². The molecule has 0 amide bonds. The molecule has 0 spiro atoms. The zero-order chi connectivity index (χ0) is 18.6. The molecule has 3 heterocycles. The standard InChI is InChI=1S/C21H26N4O2/c26-20(27)19-5-3-16(4-6-19)11-17-7-10-24(14-17)15-18-12-22-21(23-13-18)25-8-1-2-9-25/h3-6,12-13,17H,1-2,7-11,14-15H2,(H,26,27). The number of carboxylic acid groups (broad SMARTS) is 1. The number of nitrogens with zero attached hydrogens (tertiary/aromatic N) is 4. The number of anilines is 1. The highest BCUT2D eigenvalue weighted by molar-refractivity contribution is 5.87. The molecular weight excluding hydrogens is 340 g/mol. The van der Waals surface area contributed by atoms with Crippen LogP contribution in [0.15, 0.2) is 36.7 Å². The second-order valence-electron chi connectivity index (χ2n) is 7.68. The molecule has 1 N–H and O–H groups in total.